The Balaban J connectivity index is 1.40. The van der Waals surface area contributed by atoms with E-state index in [1.165, 1.54) is 0 Å². The standard InChI is InChI=1S/C29H36N6O5/c36-26(31-12-4-11-29(39)40)16-32-27(37)19-34(17-22-8-3-7-21-6-1-2-10-25(21)22)18-24-9-5-13-35(24)28(38)14-23-15-30-20-33-23/h1-3,6-8,10,15,20,24H,4-5,9,11-14,16-19H2,(H,30,33)(H,31,36)(H,32,37)(H,39,40)/t24-/m0/s1. The van der Waals surface area contributed by atoms with Crippen LogP contribution in [0.1, 0.15) is 36.9 Å². The van der Waals surface area contributed by atoms with Gasteiger partial charge in [-0.15, -0.1) is 0 Å². The molecule has 3 amide bonds. The second kappa shape index (κ2) is 14.2. The molecule has 11 heteroatoms. The zero-order chi connectivity index (χ0) is 28.3. The third-order valence-corrected chi connectivity index (χ3v) is 7.04. The van der Waals surface area contributed by atoms with Gasteiger partial charge in [0.15, 0.2) is 0 Å². The molecule has 3 aromatic rings. The van der Waals surface area contributed by atoms with Crippen LogP contribution in [0.2, 0.25) is 0 Å². The Morgan fingerprint density at radius 1 is 1.07 bits per heavy atom. The molecule has 212 valence electrons. The van der Waals surface area contributed by atoms with Gasteiger partial charge in [-0.1, -0.05) is 42.5 Å². The van der Waals surface area contributed by atoms with Crippen molar-refractivity contribution in [1.82, 2.24) is 30.4 Å². The highest BCUT2D eigenvalue weighted by molar-refractivity contribution is 5.87. The summed E-state index contributed by atoms with van der Waals surface area (Å²) < 4.78 is 0. The van der Waals surface area contributed by atoms with Crippen LogP contribution in [0.15, 0.2) is 55.0 Å². The number of imidazole rings is 1. The number of nitrogens with one attached hydrogen (secondary N) is 3. The summed E-state index contributed by atoms with van der Waals surface area (Å²) in [5.41, 5.74) is 1.85. The molecule has 1 aliphatic rings. The van der Waals surface area contributed by atoms with Gasteiger partial charge in [0.1, 0.15) is 0 Å². The first-order valence-electron chi connectivity index (χ1n) is 13.6. The molecule has 1 fully saturated rings. The average Bonchev–Trinajstić information content (AvgIpc) is 3.62. The van der Waals surface area contributed by atoms with Crippen LogP contribution in [-0.4, -0.2) is 87.3 Å². The molecule has 0 spiro atoms. The number of aliphatic carboxylic acids is 1. The largest absolute Gasteiger partial charge is 0.481 e. The van der Waals surface area contributed by atoms with Crippen molar-refractivity contribution in [2.75, 3.05) is 32.7 Å². The number of carbonyl (C=O) groups excluding carboxylic acids is 3. The third-order valence-electron chi connectivity index (χ3n) is 7.04. The van der Waals surface area contributed by atoms with Crippen LogP contribution >= 0.6 is 0 Å². The predicted octanol–water partition coefficient (Wildman–Crippen LogP) is 1.70. The lowest BCUT2D eigenvalue weighted by Crippen LogP contribution is -2.47. The lowest BCUT2D eigenvalue weighted by molar-refractivity contribution is -0.137. The smallest absolute Gasteiger partial charge is 0.303 e. The second-order valence-electron chi connectivity index (χ2n) is 10.1. The number of amides is 3. The molecule has 1 aliphatic heterocycles. The summed E-state index contributed by atoms with van der Waals surface area (Å²) in [6.07, 6.45) is 5.51. The number of likely N-dealkylation sites (tertiary alicyclic amines) is 1. The molecule has 2 heterocycles. The number of hydrogen-bond acceptors (Lipinski definition) is 6. The lowest BCUT2D eigenvalue weighted by Gasteiger charge is -2.31. The molecule has 40 heavy (non-hydrogen) atoms. The zero-order valence-corrected chi connectivity index (χ0v) is 22.5. The first-order valence-corrected chi connectivity index (χ1v) is 13.6. The highest BCUT2D eigenvalue weighted by atomic mass is 16.4. The Labute approximate surface area is 232 Å². The van der Waals surface area contributed by atoms with Crippen LogP contribution < -0.4 is 10.6 Å². The first kappa shape index (κ1) is 28.8. The fourth-order valence-electron chi connectivity index (χ4n) is 5.12. The normalized spacial score (nSPS) is 14.9. The van der Waals surface area contributed by atoms with Crippen LogP contribution in [0.4, 0.5) is 0 Å². The van der Waals surface area contributed by atoms with E-state index in [-0.39, 0.29) is 56.2 Å². The summed E-state index contributed by atoms with van der Waals surface area (Å²) in [5, 5.41) is 16.2. The topological polar surface area (TPSA) is 148 Å². The Kier molecular flexibility index (Phi) is 10.2. The van der Waals surface area contributed by atoms with Crippen molar-refractivity contribution in [3.05, 3.63) is 66.2 Å². The molecule has 1 atom stereocenters. The van der Waals surface area contributed by atoms with Crippen LogP contribution in [0, 0.1) is 0 Å². The summed E-state index contributed by atoms with van der Waals surface area (Å²) in [6, 6.07) is 14.2. The minimum Gasteiger partial charge on any atom is -0.481 e. The highest BCUT2D eigenvalue weighted by Gasteiger charge is 2.31. The molecule has 2 aromatic carbocycles. The van der Waals surface area contributed by atoms with Gasteiger partial charge in [0.05, 0.1) is 25.8 Å². The van der Waals surface area contributed by atoms with E-state index in [4.69, 9.17) is 5.11 Å². The number of hydrogen-bond donors (Lipinski definition) is 4. The van der Waals surface area contributed by atoms with E-state index in [1.54, 1.807) is 12.5 Å². The van der Waals surface area contributed by atoms with Crippen molar-refractivity contribution < 1.29 is 24.3 Å². The summed E-state index contributed by atoms with van der Waals surface area (Å²) >= 11 is 0. The highest BCUT2D eigenvalue weighted by Crippen LogP contribution is 2.23. The van der Waals surface area contributed by atoms with Crippen molar-refractivity contribution in [3.8, 4) is 0 Å². The molecule has 4 N–H and O–H groups in total. The molecule has 0 unspecified atom stereocenters. The molecule has 0 radical (unpaired) electrons. The minimum absolute atomic E-state index is 0.0286. The number of benzene rings is 2. The number of nitrogens with zero attached hydrogens (tertiary/aromatic N) is 3. The maximum Gasteiger partial charge on any atom is 0.303 e. The molecule has 11 nitrogen and oxygen atoms in total. The number of aromatic amines is 1. The van der Waals surface area contributed by atoms with E-state index in [9.17, 15) is 19.2 Å². The van der Waals surface area contributed by atoms with E-state index in [0.717, 1.165) is 34.9 Å². The number of aromatic nitrogens is 2. The quantitative estimate of drug-likeness (QED) is 0.224. The summed E-state index contributed by atoms with van der Waals surface area (Å²) in [7, 11) is 0. The van der Waals surface area contributed by atoms with Crippen molar-refractivity contribution in [2.45, 2.75) is 44.7 Å². The molecule has 4 rings (SSSR count). The molecular formula is C29H36N6O5. The van der Waals surface area contributed by atoms with E-state index in [0.29, 0.717) is 26.1 Å². The van der Waals surface area contributed by atoms with Crippen LogP contribution in [-0.2, 0) is 32.1 Å². The Morgan fingerprint density at radius 2 is 1.90 bits per heavy atom. The van der Waals surface area contributed by atoms with Gasteiger partial charge in [0.2, 0.25) is 17.7 Å². The number of carbonyl (C=O) groups is 4. The number of fused-ring (bicyclic) bond motifs is 1. The fraction of sp³-hybridized carbons (Fsp3) is 0.414. The molecular weight excluding hydrogens is 512 g/mol. The minimum atomic E-state index is -0.919. The van der Waals surface area contributed by atoms with Crippen LogP contribution in [0.3, 0.4) is 0 Å². The predicted molar refractivity (Wildman–Crippen MR) is 149 cm³/mol. The van der Waals surface area contributed by atoms with Gasteiger partial charge < -0.3 is 25.6 Å². The van der Waals surface area contributed by atoms with Crippen LogP contribution in [0.25, 0.3) is 10.8 Å². The van der Waals surface area contributed by atoms with Gasteiger partial charge in [-0.25, -0.2) is 4.98 Å². The van der Waals surface area contributed by atoms with Gasteiger partial charge in [0.25, 0.3) is 0 Å². The number of carboxylic acid groups (broad SMARTS) is 1. The number of H-pyrrole nitrogens is 1. The van der Waals surface area contributed by atoms with E-state index in [1.807, 2.05) is 34.1 Å². The van der Waals surface area contributed by atoms with Gasteiger partial charge in [-0.05, 0) is 35.6 Å². The van der Waals surface area contributed by atoms with Gasteiger partial charge >= 0.3 is 5.97 Å². The van der Waals surface area contributed by atoms with Crippen LogP contribution in [0.5, 0.6) is 0 Å². The Morgan fingerprint density at radius 3 is 2.70 bits per heavy atom. The molecule has 0 saturated carbocycles. The van der Waals surface area contributed by atoms with E-state index in [2.05, 4.69) is 38.8 Å². The Bertz CT molecular complexity index is 1310. The average molecular weight is 549 g/mol. The van der Waals surface area contributed by atoms with Crippen molar-refractivity contribution in [3.63, 3.8) is 0 Å². The van der Waals surface area contributed by atoms with E-state index < -0.39 is 5.97 Å². The number of carboxylic acids is 1. The van der Waals surface area contributed by atoms with Crippen molar-refractivity contribution >= 4 is 34.5 Å². The summed E-state index contributed by atoms with van der Waals surface area (Å²) in [5.74, 6) is -1.56. The molecule has 1 aromatic heterocycles. The zero-order valence-electron chi connectivity index (χ0n) is 22.5. The molecule has 0 bridgehead atoms. The molecule has 1 saturated heterocycles. The second-order valence-corrected chi connectivity index (χ2v) is 10.1. The van der Waals surface area contributed by atoms with E-state index >= 15 is 0 Å². The lowest BCUT2D eigenvalue weighted by atomic mass is 10.0. The monoisotopic (exact) mass is 548 g/mol. The number of rotatable bonds is 14. The maximum absolute atomic E-state index is 13.1. The SMILES string of the molecule is O=C(O)CCCNC(=O)CNC(=O)CN(Cc1cccc2ccccc12)C[C@@H]1CCCN1C(=O)Cc1cnc[nH]1. The third kappa shape index (κ3) is 8.37. The summed E-state index contributed by atoms with van der Waals surface area (Å²) in [6.45, 7) is 1.81. The Hall–Kier alpha value is -4.25. The summed E-state index contributed by atoms with van der Waals surface area (Å²) in [4.78, 5) is 59.7. The maximum atomic E-state index is 13.1. The van der Waals surface area contributed by atoms with Crippen molar-refractivity contribution in [2.24, 2.45) is 0 Å². The molecule has 0 aliphatic carbocycles. The first-order chi connectivity index (χ1) is 19.4. The van der Waals surface area contributed by atoms with Crippen molar-refractivity contribution in [1.29, 1.82) is 0 Å². The van der Waals surface area contributed by atoms with Gasteiger partial charge in [-0.2, -0.15) is 0 Å². The fourth-order valence-corrected chi connectivity index (χ4v) is 5.12. The van der Waals surface area contributed by atoms with Gasteiger partial charge in [-0.3, -0.25) is 24.1 Å². The van der Waals surface area contributed by atoms with Gasteiger partial charge in [0, 0.05) is 50.5 Å².